The van der Waals surface area contributed by atoms with Crippen LogP contribution in [0.2, 0.25) is 0 Å². The smallest absolute Gasteiger partial charge is 0.319 e. The molecule has 0 aromatic heterocycles. The van der Waals surface area contributed by atoms with E-state index in [1.54, 1.807) is 9.80 Å². The summed E-state index contributed by atoms with van der Waals surface area (Å²) in [5.74, 6) is -0.654. The first-order valence-corrected chi connectivity index (χ1v) is 5.84. The summed E-state index contributed by atoms with van der Waals surface area (Å²) in [7, 11) is 0. The van der Waals surface area contributed by atoms with E-state index in [2.05, 4.69) is 0 Å². The molecule has 1 heterocycles. The van der Waals surface area contributed by atoms with Gasteiger partial charge in [0.2, 0.25) is 0 Å². The summed E-state index contributed by atoms with van der Waals surface area (Å²) in [5, 5.41) is 8.69. The third-order valence-corrected chi connectivity index (χ3v) is 3.05. The van der Waals surface area contributed by atoms with Crippen molar-refractivity contribution in [2.75, 3.05) is 26.2 Å². The average molecular weight is 228 g/mol. The molecule has 1 saturated heterocycles. The van der Waals surface area contributed by atoms with E-state index in [0.29, 0.717) is 26.2 Å². The van der Waals surface area contributed by atoms with Crippen LogP contribution in [0.15, 0.2) is 0 Å². The Morgan fingerprint density at radius 2 is 2.00 bits per heavy atom. The summed E-state index contributed by atoms with van der Waals surface area (Å²) in [5.41, 5.74) is 0. The van der Waals surface area contributed by atoms with Crippen molar-refractivity contribution in [1.82, 2.24) is 9.80 Å². The summed E-state index contributed by atoms with van der Waals surface area (Å²) in [6.07, 6.45) is 0.974. The van der Waals surface area contributed by atoms with Gasteiger partial charge in [0.15, 0.2) is 0 Å². The van der Waals surface area contributed by atoms with Crippen LogP contribution >= 0.6 is 0 Å². The molecule has 0 bridgehead atoms. The third-order valence-electron chi connectivity index (χ3n) is 3.05. The van der Waals surface area contributed by atoms with Crippen LogP contribution in [-0.4, -0.2) is 53.1 Å². The Morgan fingerprint density at radius 3 is 2.50 bits per heavy atom. The number of urea groups is 1. The molecule has 1 rings (SSSR count). The van der Waals surface area contributed by atoms with Gasteiger partial charge >= 0.3 is 12.0 Å². The largest absolute Gasteiger partial charge is 0.481 e. The first kappa shape index (κ1) is 12.8. The lowest BCUT2D eigenvalue weighted by molar-refractivity contribution is -0.138. The normalized spacial score (nSPS) is 19.9. The molecule has 2 amide bonds. The number of aliphatic carboxylic acids is 1. The Bertz CT molecular complexity index is 264. The van der Waals surface area contributed by atoms with E-state index >= 15 is 0 Å². The van der Waals surface area contributed by atoms with Crippen LogP contribution in [0.3, 0.4) is 0 Å². The number of amides is 2. The predicted octanol–water partition coefficient (Wildman–Crippen LogP) is 1.24. The Labute approximate surface area is 96.0 Å². The van der Waals surface area contributed by atoms with Gasteiger partial charge in [-0.1, -0.05) is 0 Å². The summed E-state index contributed by atoms with van der Waals surface area (Å²) in [6.45, 7) is 6.58. The third kappa shape index (κ3) is 3.12. The Kier molecular flexibility index (Phi) is 4.58. The number of hydrogen-bond donors (Lipinski definition) is 1. The van der Waals surface area contributed by atoms with Crippen molar-refractivity contribution in [2.45, 2.75) is 26.7 Å². The standard InChI is InChI=1S/C11H20N2O3/c1-3-12(4-2)11(16)13-6-5-9(8-13)7-10(14)15/h9H,3-8H2,1-2H3,(H,14,15). The fraction of sp³-hybridized carbons (Fsp3) is 0.818. The summed E-state index contributed by atoms with van der Waals surface area (Å²) in [4.78, 5) is 26.0. The van der Waals surface area contributed by atoms with Gasteiger partial charge in [0.1, 0.15) is 0 Å². The number of rotatable bonds is 4. The van der Waals surface area contributed by atoms with Crippen molar-refractivity contribution in [3.63, 3.8) is 0 Å². The molecule has 1 atom stereocenters. The predicted molar refractivity (Wildman–Crippen MR) is 60.2 cm³/mol. The van der Waals surface area contributed by atoms with Crippen LogP contribution in [0, 0.1) is 5.92 Å². The minimum absolute atomic E-state index is 0.0397. The average Bonchev–Trinajstić information content (AvgIpc) is 2.67. The molecule has 0 saturated carbocycles. The van der Waals surface area contributed by atoms with Crippen molar-refractivity contribution < 1.29 is 14.7 Å². The van der Waals surface area contributed by atoms with Crippen LogP contribution in [0.25, 0.3) is 0 Å². The van der Waals surface area contributed by atoms with E-state index < -0.39 is 5.97 Å². The summed E-state index contributed by atoms with van der Waals surface area (Å²) >= 11 is 0. The highest BCUT2D eigenvalue weighted by Gasteiger charge is 2.29. The first-order chi connectivity index (χ1) is 7.58. The number of carboxylic acids is 1. The molecule has 1 fully saturated rings. The molecule has 1 aliphatic rings. The van der Waals surface area contributed by atoms with Gasteiger partial charge in [-0.05, 0) is 26.2 Å². The zero-order valence-corrected chi connectivity index (χ0v) is 9.98. The molecule has 0 aromatic carbocycles. The van der Waals surface area contributed by atoms with E-state index in [4.69, 9.17) is 5.11 Å². The molecule has 92 valence electrons. The van der Waals surface area contributed by atoms with Crippen molar-refractivity contribution in [3.8, 4) is 0 Å². The number of hydrogen-bond acceptors (Lipinski definition) is 2. The number of likely N-dealkylation sites (tertiary alicyclic amines) is 1. The molecule has 0 spiro atoms. The quantitative estimate of drug-likeness (QED) is 0.787. The fourth-order valence-electron chi connectivity index (χ4n) is 2.11. The Balaban J connectivity index is 2.46. The highest BCUT2D eigenvalue weighted by Crippen LogP contribution is 2.20. The molecule has 1 aliphatic heterocycles. The van der Waals surface area contributed by atoms with Crippen molar-refractivity contribution in [3.05, 3.63) is 0 Å². The van der Waals surface area contributed by atoms with E-state index in [0.717, 1.165) is 6.42 Å². The SMILES string of the molecule is CCN(CC)C(=O)N1CCC(CC(=O)O)C1. The molecule has 1 N–H and O–H groups in total. The molecule has 0 aliphatic carbocycles. The monoisotopic (exact) mass is 228 g/mol. The van der Waals surface area contributed by atoms with Gasteiger partial charge in [0.25, 0.3) is 0 Å². The second kappa shape index (κ2) is 5.72. The second-order valence-electron chi connectivity index (χ2n) is 4.15. The zero-order chi connectivity index (χ0) is 12.1. The molecule has 0 aromatic rings. The van der Waals surface area contributed by atoms with Gasteiger partial charge in [-0.3, -0.25) is 4.79 Å². The first-order valence-electron chi connectivity index (χ1n) is 5.84. The van der Waals surface area contributed by atoms with Crippen LogP contribution in [0.4, 0.5) is 4.79 Å². The van der Waals surface area contributed by atoms with Crippen molar-refractivity contribution in [2.24, 2.45) is 5.92 Å². The highest BCUT2D eigenvalue weighted by atomic mass is 16.4. The molecule has 0 radical (unpaired) electrons. The number of carbonyl (C=O) groups is 2. The summed E-state index contributed by atoms with van der Waals surface area (Å²) in [6, 6.07) is 0.0397. The second-order valence-corrected chi connectivity index (χ2v) is 4.15. The van der Waals surface area contributed by atoms with Gasteiger partial charge in [-0.2, -0.15) is 0 Å². The maximum absolute atomic E-state index is 11.9. The number of nitrogens with zero attached hydrogens (tertiary/aromatic N) is 2. The van der Waals surface area contributed by atoms with Gasteiger partial charge < -0.3 is 14.9 Å². The van der Waals surface area contributed by atoms with Gasteiger partial charge in [-0.15, -0.1) is 0 Å². The molecule has 16 heavy (non-hydrogen) atoms. The summed E-state index contributed by atoms with van der Waals surface area (Å²) < 4.78 is 0. The van der Waals surface area contributed by atoms with Crippen molar-refractivity contribution in [1.29, 1.82) is 0 Å². The number of carboxylic acid groups (broad SMARTS) is 1. The Morgan fingerprint density at radius 1 is 1.38 bits per heavy atom. The lowest BCUT2D eigenvalue weighted by Crippen LogP contribution is -2.41. The molecule has 1 unspecified atom stereocenters. The highest BCUT2D eigenvalue weighted by molar-refractivity contribution is 5.75. The van der Waals surface area contributed by atoms with E-state index in [-0.39, 0.29) is 18.4 Å². The molecule has 5 heteroatoms. The molecular formula is C11H20N2O3. The van der Waals surface area contributed by atoms with Crippen LogP contribution < -0.4 is 0 Å². The minimum Gasteiger partial charge on any atom is -0.481 e. The zero-order valence-electron chi connectivity index (χ0n) is 9.98. The molecule has 5 nitrogen and oxygen atoms in total. The Hall–Kier alpha value is -1.26. The maximum Gasteiger partial charge on any atom is 0.319 e. The topological polar surface area (TPSA) is 60.9 Å². The lowest BCUT2D eigenvalue weighted by Gasteiger charge is -2.25. The number of carbonyl (C=O) groups excluding carboxylic acids is 1. The minimum atomic E-state index is -0.776. The lowest BCUT2D eigenvalue weighted by atomic mass is 10.1. The maximum atomic E-state index is 11.9. The van der Waals surface area contributed by atoms with Crippen LogP contribution in [-0.2, 0) is 4.79 Å². The van der Waals surface area contributed by atoms with Crippen LogP contribution in [0.5, 0.6) is 0 Å². The van der Waals surface area contributed by atoms with Gasteiger partial charge in [-0.25, -0.2) is 4.79 Å². The van der Waals surface area contributed by atoms with E-state index in [1.807, 2.05) is 13.8 Å². The molecular weight excluding hydrogens is 208 g/mol. The van der Waals surface area contributed by atoms with Crippen molar-refractivity contribution >= 4 is 12.0 Å². The van der Waals surface area contributed by atoms with E-state index in [9.17, 15) is 9.59 Å². The fourth-order valence-corrected chi connectivity index (χ4v) is 2.11. The van der Waals surface area contributed by atoms with Crippen LogP contribution in [0.1, 0.15) is 26.7 Å². The van der Waals surface area contributed by atoms with E-state index in [1.165, 1.54) is 0 Å². The van der Waals surface area contributed by atoms with Gasteiger partial charge in [0, 0.05) is 32.6 Å². The van der Waals surface area contributed by atoms with Gasteiger partial charge in [0.05, 0.1) is 0 Å².